The van der Waals surface area contributed by atoms with E-state index in [2.05, 4.69) is 24.1 Å². The van der Waals surface area contributed by atoms with Gasteiger partial charge in [-0.15, -0.1) is 0 Å². The Balaban J connectivity index is 2.45. The van der Waals surface area contributed by atoms with Crippen LogP contribution in [0.25, 0.3) is 0 Å². The molecule has 1 aromatic heterocycles. The Morgan fingerprint density at radius 1 is 1.31 bits per heavy atom. The molecule has 1 rings (SSSR count). The van der Waals surface area contributed by atoms with Gasteiger partial charge in [0.1, 0.15) is 5.82 Å². The van der Waals surface area contributed by atoms with Gasteiger partial charge in [-0.2, -0.15) is 0 Å². The first kappa shape index (κ1) is 13.0. The molecule has 3 heteroatoms. The minimum atomic E-state index is -0.294. The van der Waals surface area contributed by atoms with E-state index in [-0.39, 0.29) is 6.10 Å². The molecular formula is C13H22N2O. The first-order valence-electron chi connectivity index (χ1n) is 6.03. The molecule has 0 bridgehead atoms. The third-order valence-corrected chi connectivity index (χ3v) is 2.97. The van der Waals surface area contributed by atoms with Gasteiger partial charge in [0.05, 0.1) is 6.10 Å². The van der Waals surface area contributed by atoms with Crippen molar-refractivity contribution in [1.82, 2.24) is 4.98 Å². The molecule has 0 saturated heterocycles. The molecule has 16 heavy (non-hydrogen) atoms. The zero-order valence-electron chi connectivity index (χ0n) is 10.4. The highest BCUT2D eigenvalue weighted by Crippen LogP contribution is 2.13. The number of hydrogen-bond acceptors (Lipinski definition) is 3. The number of aromatic nitrogens is 1. The van der Waals surface area contributed by atoms with E-state index in [4.69, 9.17) is 0 Å². The van der Waals surface area contributed by atoms with Crippen molar-refractivity contribution in [1.29, 1.82) is 0 Å². The highest BCUT2D eigenvalue weighted by Gasteiger charge is 2.14. The Bertz CT molecular complexity index is 311. The second kappa shape index (κ2) is 6.48. The number of nitrogens with zero attached hydrogens (tertiary/aromatic N) is 1. The second-order valence-corrected chi connectivity index (χ2v) is 4.19. The van der Waals surface area contributed by atoms with Crippen molar-refractivity contribution in [2.24, 2.45) is 5.92 Å². The van der Waals surface area contributed by atoms with Gasteiger partial charge in [0, 0.05) is 12.2 Å². The standard InChI is InChI=1S/C13H22N2O/c1-4-11(5-2)12(16)9-14-13-8-6-7-10(3)15-13/h6-8,11-12,16H,4-5,9H2,1-3H3,(H,14,15). The fraction of sp³-hybridized carbons (Fsp3) is 0.615. The van der Waals surface area contributed by atoms with E-state index >= 15 is 0 Å². The summed E-state index contributed by atoms with van der Waals surface area (Å²) in [5.41, 5.74) is 0.988. The number of aliphatic hydroxyl groups excluding tert-OH is 1. The SMILES string of the molecule is CCC(CC)C(O)CNc1cccc(C)n1. The van der Waals surface area contributed by atoms with Crippen LogP contribution in [-0.4, -0.2) is 22.7 Å². The predicted molar refractivity (Wildman–Crippen MR) is 67.5 cm³/mol. The van der Waals surface area contributed by atoms with Crippen LogP contribution in [-0.2, 0) is 0 Å². The van der Waals surface area contributed by atoms with Crippen molar-refractivity contribution < 1.29 is 5.11 Å². The Hall–Kier alpha value is -1.09. The Morgan fingerprint density at radius 3 is 2.56 bits per heavy atom. The van der Waals surface area contributed by atoms with Gasteiger partial charge in [-0.25, -0.2) is 4.98 Å². The van der Waals surface area contributed by atoms with Crippen LogP contribution in [0, 0.1) is 12.8 Å². The van der Waals surface area contributed by atoms with E-state index < -0.39 is 0 Å². The Morgan fingerprint density at radius 2 is 2.00 bits per heavy atom. The van der Waals surface area contributed by atoms with Gasteiger partial charge in [0.15, 0.2) is 0 Å². The molecule has 0 fully saturated rings. The molecule has 90 valence electrons. The number of aliphatic hydroxyl groups is 1. The summed E-state index contributed by atoms with van der Waals surface area (Å²) >= 11 is 0. The lowest BCUT2D eigenvalue weighted by Crippen LogP contribution is -2.27. The van der Waals surface area contributed by atoms with Crippen LogP contribution in [0.15, 0.2) is 18.2 Å². The first-order chi connectivity index (χ1) is 7.67. The van der Waals surface area contributed by atoms with Crippen molar-refractivity contribution in [2.75, 3.05) is 11.9 Å². The summed E-state index contributed by atoms with van der Waals surface area (Å²) < 4.78 is 0. The molecule has 0 aromatic carbocycles. The van der Waals surface area contributed by atoms with E-state index in [0.717, 1.165) is 24.4 Å². The quantitative estimate of drug-likeness (QED) is 0.777. The molecule has 0 spiro atoms. The summed E-state index contributed by atoms with van der Waals surface area (Å²) in [6.07, 6.45) is 1.73. The second-order valence-electron chi connectivity index (χ2n) is 4.19. The summed E-state index contributed by atoms with van der Waals surface area (Å²) in [6, 6.07) is 5.85. The third-order valence-electron chi connectivity index (χ3n) is 2.97. The molecular weight excluding hydrogens is 200 g/mol. The molecule has 0 radical (unpaired) electrons. The molecule has 0 saturated carbocycles. The lowest BCUT2D eigenvalue weighted by Gasteiger charge is -2.20. The van der Waals surface area contributed by atoms with E-state index in [1.54, 1.807) is 0 Å². The Labute approximate surface area is 97.9 Å². The van der Waals surface area contributed by atoms with Crippen LogP contribution in [0.5, 0.6) is 0 Å². The van der Waals surface area contributed by atoms with Crippen molar-refractivity contribution in [3.63, 3.8) is 0 Å². The van der Waals surface area contributed by atoms with E-state index in [1.165, 1.54) is 0 Å². The van der Waals surface area contributed by atoms with Crippen LogP contribution in [0.1, 0.15) is 32.4 Å². The van der Waals surface area contributed by atoms with Gasteiger partial charge < -0.3 is 10.4 Å². The maximum Gasteiger partial charge on any atom is 0.126 e. The summed E-state index contributed by atoms with van der Waals surface area (Å²) in [5, 5.41) is 13.1. The van der Waals surface area contributed by atoms with Gasteiger partial charge in [-0.05, 0) is 25.0 Å². The zero-order valence-corrected chi connectivity index (χ0v) is 10.4. The molecule has 0 aliphatic rings. The largest absolute Gasteiger partial charge is 0.391 e. The zero-order chi connectivity index (χ0) is 12.0. The molecule has 1 heterocycles. The summed E-state index contributed by atoms with van der Waals surface area (Å²) in [6.45, 7) is 6.76. The average Bonchev–Trinajstić information content (AvgIpc) is 2.28. The highest BCUT2D eigenvalue weighted by molar-refractivity contribution is 5.35. The third kappa shape index (κ3) is 3.81. The fourth-order valence-corrected chi connectivity index (χ4v) is 1.85. The molecule has 0 aliphatic heterocycles. The van der Waals surface area contributed by atoms with Crippen LogP contribution in [0.2, 0.25) is 0 Å². The van der Waals surface area contributed by atoms with Crippen molar-refractivity contribution in [3.8, 4) is 0 Å². The van der Waals surface area contributed by atoms with Gasteiger partial charge in [-0.1, -0.05) is 32.8 Å². The van der Waals surface area contributed by atoms with E-state index in [0.29, 0.717) is 12.5 Å². The minimum Gasteiger partial charge on any atom is -0.391 e. The fourth-order valence-electron chi connectivity index (χ4n) is 1.85. The molecule has 0 amide bonds. The van der Waals surface area contributed by atoms with Crippen molar-refractivity contribution >= 4 is 5.82 Å². The van der Waals surface area contributed by atoms with Crippen molar-refractivity contribution in [2.45, 2.75) is 39.7 Å². The summed E-state index contributed by atoms with van der Waals surface area (Å²) in [5.74, 6) is 1.21. The highest BCUT2D eigenvalue weighted by atomic mass is 16.3. The number of aryl methyl sites for hydroxylation is 1. The van der Waals surface area contributed by atoms with Gasteiger partial charge in [0.25, 0.3) is 0 Å². The number of nitrogens with one attached hydrogen (secondary N) is 1. The van der Waals surface area contributed by atoms with Crippen LogP contribution in [0.3, 0.4) is 0 Å². The van der Waals surface area contributed by atoms with Crippen LogP contribution in [0.4, 0.5) is 5.82 Å². The molecule has 0 aliphatic carbocycles. The lowest BCUT2D eigenvalue weighted by molar-refractivity contribution is 0.114. The van der Waals surface area contributed by atoms with E-state index in [1.807, 2.05) is 25.1 Å². The molecule has 2 N–H and O–H groups in total. The molecule has 1 unspecified atom stereocenters. The van der Waals surface area contributed by atoms with Gasteiger partial charge >= 0.3 is 0 Å². The van der Waals surface area contributed by atoms with Gasteiger partial charge in [-0.3, -0.25) is 0 Å². The number of rotatable bonds is 6. The minimum absolute atomic E-state index is 0.294. The number of hydrogen-bond donors (Lipinski definition) is 2. The monoisotopic (exact) mass is 222 g/mol. The predicted octanol–water partition coefficient (Wildman–Crippen LogP) is 2.60. The molecule has 1 atom stereocenters. The molecule has 1 aromatic rings. The van der Waals surface area contributed by atoms with Gasteiger partial charge in [0.2, 0.25) is 0 Å². The van der Waals surface area contributed by atoms with E-state index in [9.17, 15) is 5.11 Å². The maximum absolute atomic E-state index is 9.95. The summed E-state index contributed by atoms with van der Waals surface area (Å²) in [4.78, 5) is 4.33. The van der Waals surface area contributed by atoms with Crippen LogP contribution >= 0.6 is 0 Å². The summed E-state index contributed by atoms with van der Waals surface area (Å²) in [7, 11) is 0. The Kier molecular flexibility index (Phi) is 5.26. The lowest BCUT2D eigenvalue weighted by atomic mass is 9.97. The van der Waals surface area contributed by atoms with Crippen molar-refractivity contribution in [3.05, 3.63) is 23.9 Å². The maximum atomic E-state index is 9.95. The number of pyridine rings is 1. The van der Waals surface area contributed by atoms with Crippen LogP contribution < -0.4 is 5.32 Å². The smallest absolute Gasteiger partial charge is 0.126 e. The normalized spacial score (nSPS) is 12.8. The first-order valence-corrected chi connectivity index (χ1v) is 6.03. The molecule has 3 nitrogen and oxygen atoms in total. The number of anilines is 1. The topological polar surface area (TPSA) is 45.1 Å². The average molecular weight is 222 g/mol.